The molecule has 0 atom stereocenters. The van der Waals surface area contributed by atoms with Gasteiger partial charge in [0.25, 0.3) is 15.9 Å². The van der Waals surface area contributed by atoms with Crippen molar-refractivity contribution in [2.75, 3.05) is 11.3 Å². The monoisotopic (exact) mass is 511 g/mol. The van der Waals surface area contributed by atoms with Crippen LogP contribution in [0.4, 0.5) is 10.1 Å². The highest BCUT2D eigenvalue weighted by Crippen LogP contribution is 2.25. The zero-order valence-electron chi connectivity index (χ0n) is 16.5. The molecule has 0 radical (unpaired) electrons. The van der Waals surface area contributed by atoms with Gasteiger partial charge in [0.2, 0.25) is 0 Å². The van der Waals surface area contributed by atoms with Crippen molar-refractivity contribution in [3.63, 3.8) is 0 Å². The molecule has 0 saturated carbocycles. The predicted octanol–water partition coefficient (Wildman–Crippen LogP) is 3.57. The van der Waals surface area contributed by atoms with Crippen molar-refractivity contribution in [1.29, 1.82) is 0 Å². The number of aliphatic carboxylic acids is 1. The van der Waals surface area contributed by atoms with E-state index in [4.69, 9.17) is 21.4 Å². The fourth-order valence-electron chi connectivity index (χ4n) is 2.52. The molecule has 0 aliphatic rings. The summed E-state index contributed by atoms with van der Waals surface area (Å²) < 4.78 is 46.0. The number of thiophene rings is 1. The minimum absolute atomic E-state index is 0.0308. The predicted molar refractivity (Wildman–Crippen MR) is 121 cm³/mol. The van der Waals surface area contributed by atoms with Gasteiger partial charge in [-0.05, 0) is 47.8 Å². The Balaban J connectivity index is 1.80. The molecule has 1 heterocycles. The first-order chi connectivity index (χ1) is 15.7. The van der Waals surface area contributed by atoms with E-state index in [-0.39, 0.29) is 31.8 Å². The number of hydrogen-bond acceptors (Lipinski definition) is 7. The molecule has 3 N–H and O–H groups in total. The lowest BCUT2D eigenvalue weighted by Gasteiger charge is -2.11. The first kappa shape index (κ1) is 24.2. The molecule has 0 spiro atoms. The normalized spacial score (nSPS) is 11.3. The summed E-state index contributed by atoms with van der Waals surface area (Å²) in [5.74, 6) is -2.63. The lowest BCUT2D eigenvalue weighted by molar-refractivity contribution is -0.139. The number of carbonyl (C=O) groups excluding carboxylic acids is 1. The van der Waals surface area contributed by atoms with Crippen molar-refractivity contribution in [3.8, 4) is 5.75 Å². The Morgan fingerprint density at radius 3 is 2.70 bits per heavy atom. The number of halogens is 2. The molecule has 3 rings (SSSR count). The van der Waals surface area contributed by atoms with Crippen LogP contribution in [-0.2, 0) is 14.8 Å². The van der Waals surface area contributed by atoms with Crippen LogP contribution < -0.4 is 14.9 Å². The summed E-state index contributed by atoms with van der Waals surface area (Å²) in [5.41, 5.74) is 2.12. The van der Waals surface area contributed by atoms with E-state index in [1.54, 1.807) is 11.4 Å². The second-order valence-electron chi connectivity index (χ2n) is 6.29. The van der Waals surface area contributed by atoms with Gasteiger partial charge < -0.3 is 9.84 Å². The molecule has 33 heavy (non-hydrogen) atoms. The van der Waals surface area contributed by atoms with E-state index < -0.39 is 34.3 Å². The van der Waals surface area contributed by atoms with E-state index >= 15 is 0 Å². The van der Waals surface area contributed by atoms with Gasteiger partial charge in [-0.1, -0.05) is 17.7 Å². The molecule has 9 nitrogen and oxygen atoms in total. The maximum atomic E-state index is 13.6. The first-order valence-corrected chi connectivity index (χ1v) is 11.7. The number of benzene rings is 2. The molecule has 1 aromatic heterocycles. The Labute approximate surface area is 196 Å². The van der Waals surface area contributed by atoms with Crippen LogP contribution in [-0.4, -0.2) is 38.2 Å². The molecular formula is C20H15ClFN3O6S2. The van der Waals surface area contributed by atoms with E-state index in [2.05, 4.69) is 15.2 Å². The van der Waals surface area contributed by atoms with E-state index in [0.29, 0.717) is 0 Å². The molecule has 0 unspecified atom stereocenters. The van der Waals surface area contributed by atoms with Crippen molar-refractivity contribution in [1.82, 2.24) is 5.43 Å². The molecule has 0 bridgehead atoms. The van der Waals surface area contributed by atoms with Gasteiger partial charge in [-0.25, -0.2) is 23.0 Å². The lowest BCUT2D eigenvalue weighted by Crippen LogP contribution is -2.21. The average Bonchev–Trinajstić information content (AvgIpc) is 3.30. The molecule has 0 fully saturated rings. The quantitative estimate of drug-likeness (QED) is 0.297. The van der Waals surface area contributed by atoms with Crippen LogP contribution in [0, 0.1) is 5.82 Å². The average molecular weight is 512 g/mol. The van der Waals surface area contributed by atoms with Crippen LogP contribution in [0.25, 0.3) is 0 Å². The Kier molecular flexibility index (Phi) is 7.63. The molecule has 3 aromatic rings. The van der Waals surface area contributed by atoms with Gasteiger partial charge in [-0.15, -0.1) is 11.3 Å². The molecule has 0 saturated heterocycles. The molecule has 0 aliphatic carbocycles. The number of rotatable bonds is 9. The third-order valence-corrected chi connectivity index (χ3v) is 6.92. The third kappa shape index (κ3) is 6.51. The molecule has 172 valence electrons. The Bertz CT molecular complexity index is 1310. The summed E-state index contributed by atoms with van der Waals surface area (Å²) >= 11 is 6.97. The number of carbonyl (C=O) groups is 2. The first-order valence-electron chi connectivity index (χ1n) is 8.99. The van der Waals surface area contributed by atoms with Crippen LogP contribution in [0.1, 0.15) is 15.9 Å². The van der Waals surface area contributed by atoms with Gasteiger partial charge in [0.15, 0.2) is 6.61 Å². The van der Waals surface area contributed by atoms with Crippen LogP contribution in [0.15, 0.2) is 63.2 Å². The van der Waals surface area contributed by atoms with Gasteiger partial charge in [-0.2, -0.15) is 5.10 Å². The fraction of sp³-hybridized carbons (Fsp3) is 0.0500. The van der Waals surface area contributed by atoms with Crippen molar-refractivity contribution >= 4 is 56.7 Å². The minimum Gasteiger partial charge on any atom is -0.481 e. The standard InChI is InChI=1S/C20H15ClFN3O6S2/c21-13-3-5-16(25-33(29,30)19-2-1-7-32-19)15(9-13)20(28)24-23-10-12-8-14(22)4-6-17(12)31-11-18(26)27/h1-10,25H,11H2,(H,24,28)(H,26,27)/b23-10-. The van der Waals surface area contributed by atoms with E-state index in [1.807, 2.05) is 0 Å². The van der Waals surface area contributed by atoms with Crippen LogP contribution in [0.5, 0.6) is 5.75 Å². The Hall–Kier alpha value is -3.48. The maximum Gasteiger partial charge on any atom is 0.341 e. The Morgan fingerprint density at radius 1 is 1.21 bits per heavy atom. The van der Waals surface area contributed by atoms with E-state index in [9.17, 15) is 22.4 Å². The molecule has 1 amide bonds. The summed E-state index contributed by atoms with van der Waals surface area (Å²) in [6.45, 7) is -0.658. The van der Waals surface area contributed by atoms with Crippen molar-refractivity contribution in [3.05, 3.63) is 75.9 Å². The summed E-state index contributed by atoms with van der Waals surface area (Å²) in [6.07, 6.45) is 1.05. The van der Waals surface area contributed by atoms with Gasteiger partial charge in [0.1, 0.15) is 15.8 Å². The number of anilines is 1. The molecular weight excluding hydrogens is 497 g/mol. The summed E-state index contributed by atoms with van der Waals surface area (Å²) in [5, 5.41) is 14.2. The number of ether oxygens (including phenoxy) is 1. The zero-order chi connectivity index (χ0) is 24.0. The number of sulfonamides is 1. The summed E-state index contributed by atoms with van der Waals surface area (Å²) in [7, 11) is -3.93. The zero-order valence-corrected chi connectivity index (χ0v) is 18.9. The molecule has 2 aromatic carbocycles. The van der Waals surface area contributed by atoms with Gasteiger partial charge in [0.05, 0.1) is 17.5 Å². The van der Waals surface area contributed by atoms with Crippen LogP contribution >= 0.6 is 22.9 Å². The number of hydrogen-bond donors (Lipinski definition) is 3. The van der Waals surface area contributed by atoms with Crippen molar-refractivity contribution < 1.29 is 32.2 Å². The maximum absolute atomic E-state index is 13.6. The highest BCUT2D eigenvalue weighted by molar-refractivity contribution is 7.94. The molecule has 0 aliphatic heterocycles. The highest BCUT2D eigenvalue weighted by Gasteiger charge is 2.20. The van der Waals surface area contributed by atoms with Crippen molar-refractivity contribution in [2.45, 2.75) is 4.21 Å². The number of hydrazone groups is 1. The third-order valence-electron chi connectivity index (χ3n) is 3.92. The van der Waals surface area contributed by atoms with Crippen LogP contribution in [0.2, 0.25) is 5.02 Å². The molecule has 13 heteroatoms. The summed E-state index contributed by atoms with van der Waals surface area (Å²) in [6, 6.07) is 10.3. The van der Waals surface area contributed by atoms with Gasteiger partial charge >= 0.3 is 5.97 Å². The van der Waals surface area contributed by atoms with E-state index in [0.717, 1.165) is 29.7 Å². The fourth-order valence-corrected chi connectivity index (χ4v) is 4.76. The second-order valence-corrected chi connectivity index (χ2v) is 9.58. The van der Waals surface area contributed by atoms with Crippen LogP contribution in [0.3, 0.4) is 0 Å². The number of nitrogens with zero attached hydrogens (tertiary/aromatic N) is 1. The lowest BCUT2D eigenvalue weighted by atomic mass is 10.2. The SMILES string of the molecule is O=C(O)COc1ccc(F)cc1/C=N\NC(=O)c1cc(Cl)ccc1NS(=O)(=O)c1cccs1. The number of carboxylic acids is 1. The van der Waals surface area contributed by atoms with Crippen molar-refractivity contribution in [2.24, 2.45) is 5.10 Å². The topological polar surface area (TPSA) is 134 Å². The number of carboxylic acid groups (broad SMARTS) is 1. The number of nitrogens with one attached hydrogen (secondary N) is 2. The summed E-state index contributed by atoms with van der Waals surface area (Å²) in [4.78, 5) is 23.3. The Morgan fingerprint density at radius 2 is 2.00 bits per heavy atom. The largest absolute Gasteiger partial charge is 0.481 e. The second kappa shape index (κ2) is 10.4. The smallest absolute Gasteiger partial charge is 0.341 e. The number of amides is 1. The van der Waals surface area contributed by atoms with Gasteiger partial charge in [-0.3, -0.25) is 9.52 Å². The minimum atomic E-state index is -3.93. The van der Waals surface area contributed by atoms with E-state index in [1.165, 1.54) is 30.3 Å². The van der Waals surface area contributed by atoms with Gasteiger partial charge in [0, 0.05) is 10.6 Å². The highest BCUT2D eigenvalue weighted by atomic mass is 35.5.